The number of rotatable bonds is 5. The molecule has 2 rings (SSSR count). The van der Waals surface area contributed by atoms with Gasteiger partial charge in [-0.1, -0.05) is 26.7 Å². The Morgan fingerprint density at radius 1 is 1.15 bits per heavy atom. The number of nitrogens with zero attached hydrogens (tertiary/aromatic N) is 2. The smallest absolute Gasteiger partial charge is 0.132 e. The highest BCUT2D eigenvalue weighted by Crippen LogP contribution is 2.25. The number of nitrogens with one attached hydrogen (secondary N) is 2. The van der Waals surface area contributed by atoms with Crippen molar-refractivity contribution in [3.05, 3.63) is 11.9 Å². The van der Waals surface area contributed by atoms with E-state index in [0.717, 1.165) is 36.3 Å². The first-order valence-corrected chi connectivity index (χ1v) is 8.03. The van der Waals surface area contributed by atoms with E-state index in [1.54, 1.807) is 0 Å². The molecule has 4 heteroatoms. The lowest BCUT2D eigenvalue weighted by Crippen LogP contribution is -2.20. The molecule has 0 aliphatic heterocycles. The molecule has 2 N–H and O–H groups in total. The summed E-state index contributed by atoms with van der Waals surface area (Å²) < 4.78 is 0. The first-order valence-electron chi connectivity index (χ1n) is 8.03. The molecule has 2 atom stereocenters. The van der Waals surface area contributed by atoms with Gasteiger partial charge in [0.25, 0.3) is 0 Å². The Kier molecular flexibility index (Phi) is 5.62. The van der Waals surface area contributed by atoms with Crippen LogP contribution in [0.2, 0.25) is 0 Å². The van der Waals surface area contributed by atoms with E-state index in [9.17, 15) is 0 Å². The zero-order valence-electron chi connectivity index (χ0n) is 13.1. The summed E-state index contributed by atoms with van der Waals surface area (Å²) in [6.07, 6.45) is 7.62. The van der Waals surface area contributed by atoms with Crippen molar-refractivity contribution in [2.24, 2.45) is 5.92 Å². The number of hydrogen-bond acceptors (Lipinski definition) is 4. The molecule has 1 aromatic rings. The van der Waals surface area contributed by atoms with Gasteiger partial charge in [0.15, 0.2) is 0 Å². The maximum absolute atomic E-state index is 4.52. The highest BCUT2D eigenvalue weighted by molar-refractivity contribution is 5.48. The summed E-state index contributed by atoms with van der Waals surface area (Å²) in [6, 6.07) is 2.60. The van der Waals surface area contributed by atoms with Crippen molar-refractivity contribution in [2.75, 3.05) is 17.2 Å². The number of anilines is 2. The number of aromatic nitrogens is 2. The summed E-state index contributed by atoms with van der Waals surface area (Å²) in [6.45, 7) is 7.44. The van der Waals surface area contributed by atoms with Crippen molar-refractivity contribution in [2.45, 2.75) is 65.3 Å². The van der Waals surface area contributed by atoms with Crippen molar-refractivity contribution in [1.82, 2.24) is 9.97 Å². The van der Waals surface area contributed by atoms with Gasteiger partial charge < -0.3 is 10.6 Å². The fourth-order valence-corrected chi connectivity index (χ4v) is 2.83. The van der Waals surface area contributed by atoms with Crippen LogP contribution in [0.15, 0.2) is 6.07 Å². The van der Waals surface area contributed by atoms with Gasteiger partial charge in [0.05, 0.1) is 0 Å². The number of hydrogen-bond donors (Lipinski definition) is 2. The Morgan fingerprint density at radius 2 is 1.95 bits per heavy atom. The molecule has 1 saturated carbocycles. The molecule has 112 valence electrons. The molecule has 20 heavy (non-hydrogen) atoms. The van der Waals surface area contributed by atoms with Gasteiger partial charge in [0.2, 0.25) is 0 Å². The quantitative estimate of drug-likeness (QED) is 0.798. The Morgan fingerprint density at radius 3 is 2.75 bits per heavy atom. The SMILES string of the molecule is CCCNc1cc(NC2CCCC(C)CC2)nc(C)n1. The van der Waals surface area contributed by atoms with Crippen molar-refractivity contribution in [1.29, 1.82) is 0 Å². The van der Waals surface area contributed by atoms with Crippen LogP contribution in [0, 0.1) is 12.8 Å². The van der Waals surface area contributed by atoms with Crippen LogP contribution in [-0.4, -0.2) is 22.6 Å². The second-order valence-electron chi connectivity index (χ2n) is 6.07. The van der Waals surface area contributed by atoms with Crippen LogP contribution >= 0.6 is 0 Å². The van der Waals surface area contributed by atoms with Crippen LogP contribution in [0.25, 0.3) is 0 Å². The lowest BCUT2D eigenvalue weighted by Gasteiger charge is -2.18. The van der Waals surface area contributed by atoms with Crippen LogP contribution in [-0.2, 0) is 0 Å². The van der Waals surface area contributed by atoms with Gasteiger partial charge in [-0.2, -0.15) is 0 Å². The Balaban J connectivity index is 1.98. The normalized spacial score (nSPS) is 23.1. The zero-order valence-corrected chi connectivity index (χ0v) is 13.1. The van der Waals surface area contributed by atoms with E-state index in [-0.39, 0.29) is 0 Å². The molecule has 0 radical (unpaired) electrons. The maximum atomic E-state index is 4.52. The highest BCUT2D eigenvalue weighted by Gasteiger charge is 2.16. The molecule has 4 nitrogen and oxygen atoms in total. The zero-order chi connectivity index (χ0) is 14.4. The van der Waals surface area contributed by atoms with E-state index in [1.807, 2.05) is 13.0 Å². The lowest BCUT2D eigenvalue weighted by atomic mass is 10.0. The van der Waals surface area contributed by atoms with Gasteiger partial charge >= 0.3 is 0 Å². The van der Waals surface area contributed by atoms with E-state index in [2.05, 4.69) is 34.4 Å². The summed E-state index contributed by atoms with van der Waals surface area (Å²) in [5.74, 6) is 3.60. The maximum Gasteiger partial charge on any atom is 0.132 e. The predicted molar refractivity (Wildman–Crippen MR) is 85.2 cm³/mol. The van der Waals surface area contributed by atoms with Gasteiger partial charge in [-0.25, -0.2) is 9.97 Å². The molecule has 0 saturated heterocycles. The molecule has 1 aromatic heterocycles. The summed E-state index contributed by atoms with van der Waals surface area (Å²) in [4.78, 5) is 8.96. The third-order valence-corrected chi connectivity index (χ3v) is 4.00. The second kappa shape index (κ2) is 7.46. The summed E-state index contributed by atoms with van der Waals surface area (Å²) in [5.41, 5.74) is 0. The van der Waals surface area contributed by atoms with Gasteiger partial charge in [0, 0.05) is 18.7 Å². The Bertz CT molecular complexity index is 419. The third-order valence-electron chi connectivity index (χ3n) is 4.00. The van der Waals surface area contributed by atoms with Crippen molar-refractivity contribution in [3.8, 4) is 0 Å². The number of aryl methyl sites for hydroxylation is 1. The fraction of sp³-hybridized carbons (Fsp3) is 0.750. The van der Waals surface area contributed by atoms with Crippen LogP contribution in [0.1, 0.15) is 58.2 Å². The fourth-order valence-electron chi connectivity index (χ4n) is 2.83. The second-order valence-corrected chi connectivity index (χ2v) is 6.07. The van der Waals surface area contributed by atoms with Gasteiger partial charge in [-0.15, -0.1) is 0 Å². The Hall–Kier alpha value is -1.32. The molecule has 1 fully saturated rings. The Labute approximate surface area is 122 Å². The van der Waals surface area contributed by atoms with Crippen LogP contribution < -0.4 is 10.6 Å². The minimum absolute atomic E-state index is 0.563. The van der Waals surface area contributed by atoms with Crippen LogP contribution in [0.3, 0.4) is 0 Å². The minimum atomic E-state index is 0.563. The minimum Gasteiger partial charge on any atom is -0.370 e. The summed E-state index contributed by atoms with van der Waals surface area (Å²) >= 11 is 0. The summed E-state index contributed by atoms with van der Waals surface area (Å²) in [5, 5.41) is 6.95. The third kappa shape index (κ3) is 4.66. The largest absolute Gasteiger partial charge is 0.370 e. The van der Waals surface area contributed by atoms with Crippen molar-refractivity contribution >= 4 is 11.6 Å². The van der Waals surface area contributed by atoms with Gasteiger partial charge in [-0.3, -0.25) is 0 Å². The van der Waals surface area contributed by atoms with Crippen molar-refractivity contribution in [3.63, 3.8) is 0 Å². The monoisotopic (exact) mass is 276 g/mol. The predicted octanol–water partition coefficient (Wildman–Crippen LogP) is 3.99. The lowest BCUT2D eigenvalue weighted by molar-refractivity contribution is 0.502. The van der Waals surface area contributed by atoms with E-state index in [0.29, 0.717) is 6.04 Å². The standard InChI is InChI=1S/C16H28N4/c1-4-10-17-15-11-16(19-13(3)18-15)20-14-7-5-6-12(2)8-9-14/h11-12,14H,4-10H2,1-3H3,(H2,17,18,19,20). The molecule has 1 aliphatic rings. The highest BCUT2D eigenvalue weighted by atomic mass is 15.1. The van der Waals surface area contributed by atoms with E-state index >= 15 is 0 Å². The molecule has 1 heterocycles. The first-order chi connectivity index (χ1) is 9.67. The van der Waals surface area contributed by atoms with Crippen LogP contribution in [0.4, 0.5) is 11.6 Å². The van der Waals surface area contributed by atoms with E-state index in [1.165, 1.54) is 32.1 Å². The molecule has 0 spiro atoms. The summed E-state index contributed by atoms with van der Waals surface area (Å²) in [7, 11) is 0. The van der Waals surface area contributed by atoms with Gasteiger partial charge in [0.1, 0.15) is 17.5 Å². The molecular formula is C16H28N4. The topological polar surface area (TPSA) is 49.8 Å². The molecule has 1 aliphatic carbocycles. The average Bonchev–Trinajstić information content (AvgIpc) is 2.61. The van der Waals surface area contributed by atoms with Gasteiger partial charge in [-0.05, 0) is 38.5 Å². The first kappa shape index (κ1) is 15.1. The molecule has 0 aromatic carbocycles. The van der Waals surface area contributed by atoms with E-state index in [4.69, 9.17) is 0 Å². The molecule has 2 unspecified atom stereocenters. The molecule has 0 bridgehead atoms. The average molecular weight is 276 g/mol. The van der Waals surface area contributed by atoms with Crippen molar-refractivity contribution < 1.29 is 0 Å². The van der Waals surface area contributed by atoms with E-state index < -0.39 is 0 Å². The van der Waals surface area contributed by atoms with Crippen LogP contribution in [0.5, 0.6) is 0 Å². The molecule has 0 amide bonds. The molecular weight excluding hydrogens is 248 g/mol.